The van der Waals surface area contributed by atoms with Gasteiger partial charge in [-0.25, -0.2) is 0 Å². The highest BCUT2D eigenvalue weighted by Crippen LogP contribution is 2.54. The Morgan fingerprint density at radius 1 is 1.16 bits per heavy atom. The molecule has 164 valence electrons. The lowest BCUT2D eigenvalue weighted by Crippen LogP contribution is -2.38. The highest BCUT2D eigenvalue weighted by molar-refractivity contribution is 6.07. The number of hydrogen-bond acceptors (Lipinski definition) is 7. The molecule has 10 nitrogen and oxygen atoms in total. The van der Waals surface area contributed by atoms with Crippen molar-refractivity contribution in [1.82, 2.24) is 4.90 Å². The van der Waals surface area contributed by atoms with Gasteiger partial charge in [0.1, 0.15) is 22.5 Å². The Kier molecular flexibility index (Phi) is 4.58. The van der Waals surface area contributed by atoms with Gasteiger partial charge in [-0.2, -0.15) is 0 Å². The molecule has 1 aromatic heterocycles. The van der Waals surface area contributed by atoms with E-state index >= 15 is 0 Å². The maximum atomic E-state index is 13.3. The second-order valence-electron chi connectivity index (χ2n) is 8.26. The van der Waals surface area contributed by atoms with Gasteiger partial charge in [-0.05, 0) is 36.5 Å². The summed E-state index contributed by atoms with van der Waals surface area (Å²) < 4.78 is 5.29. The van der Waals surface area contributed by atoms with Crippen molar-refractivity contribution in [3.05, 3.63) is 64.4 Å². The second-order valence-corrected chi connectivity index (χ2v) is 8.26. The van der Waals surface area contributed by atoms with E-state index in [0.717, 1.165) is 17.4 Å². The molecule has 0 radical (unpaired) electrons. The number of phenols is 1. The first-order valence-corrected chi connectivity index (χ1v) is 10.2. The van der Waals surface area contributed by atoms with E-state index in [-0.39, 0.29) is 35.5 Å². The minimum Gasteiger partial charge on any atom is -0.506 e. The molecule has 2 aromatic rings. The number of para-hydroxylation sites is 2. The first-order valence-electron chi connectivity index (χ1n) is 10.2. The van der Waals surface area contributed by atoms with E-state index in [1.165, 1.54) is 18.2 Å². The quantitative estimate of drug-likeness (QED) is 0.232. The number of carbonyl (C=O) groups excluding carboxylic acids is 3. The van der Waals surface area contributed by atoms with Gasteiger partial charge in [0, 0.05) is 0 Å². The van der Waals surface area contributed by atoms with Gasteiger partial charge in [-0.15, -0.1) is 0 Å². The molecular weight excluding hydrogens is 418 g/mol. The summed E-state index contributed by atoms with van der Waals surface area (Å²) in [6.07, 6.45) is 4.29. The normalized spacial score (nSPS) is 26.4. The smallest absolute Gasteiger partial charge is 0.433 e. The number of carbonyl (C=O) groups is 3. The number of furan rings is 1. The van der Waals surface area contributed by atoms with E-state index in [9.17, 15) is 29.6 Å². The van der Waals surface area contributed by atoms with Crippen LogP contribution in [0.3, 0.4) is 0 Å². The Morgan fingerprint density at radius 2 is 1.81 bits per heavy atom. The third-order valence-corrected chi connectivity index (χ3v) is 6.49. The van der Waals surface area contributed by atoms with Gasteiger partial charge in [-0.3, -0.25) is 29.4 Å². The van der Waals surface area contributed by atoms with Gasteiger partial charge in [-0.1, -0.05) is 24.3 Å². The van der Waals surface area contributed by atoms with E-state index in [1.807, 2.05) is 12.2 Å². The highest BCUT2D eigenvalue weighted by atomic mass is 16.6. The van der Waals surface area contributed by atoms with Crippen molar-refractivity contribution in [2.45, 2.75) is 18.9 Å². The molecule has 2 N–H and O–H groups in total. The van der Waals surface area contributed by atoms with E-state index < -0.39 is 46.4 Å². The predicted molar refractivity (Wildman–Crippen MR) is 109 cm³/mol. The van der Waals surface area contributed by atoms with Crippen molar-refractivity contribution < 1.29 is 28.8 Å². The number of fused-ring (bicyclic) bond motifs is 5. The Labute approximate surface area is 181 Å². The van der Waals surface area contributed by atoms with Gasteiger partial charge in [0.2, 0.25) is 17.7 Å². The molecule has 2 fully saturated rings. The zero-order chi connectivity index (χ0) is 22.6. The van der Waals surface area contributed by atoms with Crippen LogP contribution in [0.5, 0.6) is 5.75 Å². The van der Waals surface area contributed by atoms with Gasteiger partial charge >= 0.3 is 5.88 Å². The van der Waals surface area contributed by atoms with Crippen LogP contribution < -0.4 is 5.32 Å². The van der Waals surface area contributed by atoms with Crippen molar-refractivity contribution in [1.29, 1.82) is 0 Å². The van der Waals surface area contributed by atoms with Crippen LogP contribution in [-0.2, 0) is 14.4 Å². The molecule has 5 rings (SSSR count). The van der Waals surface area contributed by atoms with Crippen LogP contribution in [0.1, 0.15) is 24.6 Å². The first-order chi connectivity index (χ1) is 15.3. The van der Waals surface area contributed by atoms with Crippen molar-refractivity contribution >= 4 is 29.3 Å². The van der Waals surface area contributed by atoms with E-state index in [2.05, 4.69) is 5.32 Å². The summed E-state index contributed by atoms with van der Waals surface area (Å²) in [5.41, 5.74) is 0.167. The Balaban J connectivity index is 1.46. The fourth-order valence-electron chi connectivity index (χ4n) is 5.13. The van der Waals surface area contributed by atoms with Crippen molar-refractivity contribution in [3.8, 4) is 5.75 Å². The molecule has 3 aliphatic rings. The van der Waals surface area contributed by atoms with E-state index in [1.54, 1.807) is 12.1 Å². The average molecular weight is 437 g/mol. The number of anilines is 1. The van der Waals surface area contributed by atoms with Crippen LogP contribution in [-0.4, -0.2) is 32.7 Å². The fourth-order valence-corrected chi connectivity index (χ4v) is 5.13. The predicted octanol–water partition coefficient (Wildman–Crippen LogP) is 2.77. The topological polar surface area (TPSA) is 143 Å². The van der Waals surface area contributed by atoms with Crippen LogP contribution in [0, 0.1) is 33.8 Å². The molecule has 3 amide bonds. The van der Waals surface area contributed by atoms with Crippen LogP contribution in [0.25, 0.3) is 0 Å². The summed E-state index contributed by atoms with van der Waals surface area (Å²) in [6.45, 7) is 0. The maximum absolute atomic E-state index is 13.3. The summed E-state index contributed by atoms with van der Waals surface area (Å²) in [7, 11) is 0. The van der Waals surface area contributed by atoms with Crippen LogP contribution in [0.4, 0.5) is 11.6 Å². The summed E-state index contributed by atoms with van der Waals surface area (Å²) in [6, 6.07) is 7.41. The monoisotopic (exact) mass is 437 g/mol. The molecule has 1 aromatic carbocycles. The highest BCUT2D eigenvalue weighted by Gasteiger charge is 2.61. The number of likely N-dealkylation sites (tertiary alicyclic amines) is 1. The minimum absolute atomic E-state index is 0.0203. The molecule has 32 heavy (non-hydrogen) atoms. The van der Waals surface area contributed by atoms with Crippen LogP contribution in [0.2, 0.25) is 0 Å². The summed E-state index contributed by atoms with van der Waals surface area (Å²) in [5.74, 6) is -3.09. The van der Waals surface area contributed by atoms with Crippen molar-refractivity contribution in [2.24, 2.45) is 23.7 Å². The molecule has 0 spiro atoms. The molecule has 2 aliphatic carbocycles. The SMILES string of the molecule is O=C(CC(c1ccc([N+](=O)[O-])o1)N1C(=O)C2C3C=CC(C3)C2C1=O)Nc1ccccc1O. The maximum Gasteiger partial charge on any atom is 0.433 e. The number of nitrogens with zero attached hydrogens (tertiary/aromatic N) is 2. The van der Waals surface area contributed by atoms with E-state index in [4.69, 9.17) is 4.42 Å². The minimum atomic E-state index is -1.14. The molecule has 1 aliphatic heterocycles. The molecule has 10 heteroatoms. The number of amides is 3. The summed E-state index contributed by atoms with van der Waals surface area (Å²) >= 11 is 0. The number of allylic oxidation sites excluding steroid dienone is 2. The number of hydrogen-bond donors (Lipinski definition) is 2. The Morgan fingerprint density at radius 3 is 2.41 bits per heavy atom. The van der Waals surface area contributed by atoms with Gasteiger partial charge in [0.15, 0.2) is 0 Å². The number of phenolic OH excluding ortho intramolecular Hbond substituents is 1. The molecule has 5 unspecified atom stereocenters. The Bertz CT molecular complexity index is 1140. The third-order valence-electron chi connectivity index (χ3n) is 6.49. The molecular formula is C22H19N3O7. The zero-order valence-electron chi connectivity index (χ0n) is 16.7. The third kappa shape index (κ3) is 3.06. The summed E-state index contributed by atoms with van der Waals surface area (Å²) in [5, 5.41) is 23.5. The second kappa shape index (κ2) is 7.33. The number of benzene rings is 1. The molecule has 2 bridgehead atoms. The van der Waals surface area contributed by atoms with Gasteiger partial charge in [0.05, 0.1) is 30.0 Å². The lowest BCUT2D eigenvalue weighted by Gasteiger charge is -2.26. The number of nitrogens with one attached hydrogen (secondary N) is 1. The summed E-state index contributed by atoms with van der Waals surface area (Å²) in [4.78, 5) is 50.7. The zero-order valence-corrected chi connectivity index (χ0v) is 16.7. The molecule has 5 atom stereocenters. The largest absolute Gasteiger partial charge is 0.506 e. The number of rotatable bonds is 6. The molecule has 1 saturated carbocycles. The standard InChI is InChI=1S/C22H19N3O7/c26-15-4-2-1-3-13(15)23-17(27)10-14(16-7-8-18(32-16)25(30)31)24-21(28)19-11-5-6-12(9-11)20(19)22(24)29/h1-8,11-12,14,19-20,26H,9-10H2,(H,23,27). The number of imide groups is 1. The molecule has 2 heterocycles. The Hall–Kier alpha value is -3.95. The van der Waals surface area contributed by atoms with Gasteiger partial charge in [0.25, 0.3) is 0 Å². The fraction of sp³-hybridized carbons (Fsp3) is 0.318. The lowest BCUT2D eigenvalue weighted by atomic mass is 9.85. The molecule has 1 saturated heterocycles. The van der Waals surface area contributed by atoms with Gasteiger partial charge < -0.3 is 14.8 Å². The number of aromatic hydroxyl groups is 1. The lowest BCUT2D eigenvalue weighted by molar-refractivity contribution is -0.402. The number of nitro groups is 1. The first kappa shape index (κ1) is 20.0. The van der Waals surface area contributed by atoms with Crippen LogP contribution >= 0.6 is 0 Å². The average Bonchev–Trinajstić information content (AvgIpc) is 3.53. The van der Waals surface area contributed by atoms with E-state index in [0.29, 0.717) is 0 Å². The van der Waals surface area contributed by atoms with Crippen molar-refractivity contribution in [3.63, 3.8) is 0 Å². The van der Waals surface area contributed by atoms with Crippen molar-refractivity contribution in [2.75, 3.05) is 5.32 Å². The van der Waals surface area contributed by atoms with Crippen LogP contribution in [0.15, 0.2) is 53.0 Å².